The van der Waals surface area contributed by atoms with Crippen LogP contribution in [0.25, 0.3) is 0 Å². The number of aromatic carboxylic acids is 1. The molecule has 0 aliphatic rings. The lowest BCUT2D eigenvalue weighted by Gasteiger charge is -2.08. The van der Waals surface area contributed by atoms with Gasteiger partial charge in [-0.2, -0.15) is 0 Å². The van der Waals surface area contributed by atoms with E-state index in [0.29, 0.717) is 17.9 Å². The molecule has 4 nitrogen and oxygen atoms in total. The van der Waals surface area contributed by atoms with Crippen LogP contribution in [0.2, 0.25) is 0 Å². The average Bonchev–Trinajstić information content (AvgIpc) is 2.26. The molecule has 0 atom stereocenters. The molecular formula is C13H18O4S. The Morgan fingerprint density at radius 3 is 2.44 bits per heavy atom. The summed E-state index contributed by atoms with van der Waals surface area (Å²) in [6.07, 6.45) is 0.595. The summed E-state index contributed by atoms with van der Waals surface area (Å²) in [5.74, 6) is -0.889. The molecule has 0 spiro atoms. The van der Waals surface area contributed by atoms with Crippen LogP contribution in [-0.2, 0) is 15.6 Å². The zero-order chi connectivity index (χ0) is 13.8. The van der Waals surface area contributed by atoms with E-state index >= 15 is 0 Å². The lowest BCUT2D eigenvalue weighted by atomic mass is 10.1. The molecule has 1 aromatic carbocycles. The standard InChI is InChI=1S/C13H18O4S/c1-10(2)7-8-18(16,17)9-11-5-3-4-6-12(11)13(14)15/h3-6,10H,7-9H2,1-2H3,(H,14,15). The van der Waals surface area contributed by atoms with Crippen LogP contribution in [0.5, 0.6) is 0 Å². The van der Waals surface area contributed by atoms with Crippen LogP contribution in [0.1, 0.15) is 36.2 Å². The maximum Gasteiger partial charge on any atom is 0.335 e. The summed E-state index contributed by atoms with van der Waals surface area (Å²) in [5.41, 5.74) is 0.416. The highest BCUT2D eigenvalue weighted by molar-refractivity contribution is 7.90. The van der Waals surface area contributed by atoms with Crippen LogP contribution in [0.3, 0.4) is 0 Å². The number of carbonyl (C=O) groups is 1. The van der Waals surface area contributed by atoms with E-state index in [1.165, 1.54) is 6.07 Å². The largest absolute Gasteiger partial charge is 0.478 e. The number of benzene rings is 1. The van der Waals surface area contributed by atoms with Gasteiger partial charge in [-0.15, -0.1) is 0 Å². The molecular weight excluding hydrogens is 252 g/mol. The van der Waals surface area contributed by atoms with E-state index in [9.17, 15) is 13.2 Å². The Morgan fingerprint density at radius 1 is 1.28 bits per heavy atom. The van der Waals surface area contributed by atoms with E-state index in [0.717, 1.165) is 0 Å². The Balaban J connectivity index is 2.87. The summed E-state index contributed by atoms with van der Waals surface area (Å²) in [5, 5.41) is 8.99. The van der Waals surface area contributed by atoms with Crippen molar-refractivity contribution in [2.24, 2.45) is 5.92 Å². The summed E-state index contributed by atoms with van der Waals surface area (Å²) >= 11 is 0. The molecule has 0 aromatic heterocycles. The van der Waals surface area contributed by atoms with Crippen molar-refractivity contribution in [2.75, 3.05) is 5.75 Å². The average molecular weight is 270 g/mol. The van der Waals surface area contributed by atoms with Crippen molar-refractivity contribution >= 4 is 15.8 Å². The smallest absolute Gasteiger partial charge is 0.335 e. The van der Waals surface area contributed by atoms with Crippen molar-refractivity contribution in [1.82, 2.24) is 0 Å². The molecule has 5 heteroatoms. The van der Waals surface area contributed by atoms with Crippen molar-refractivity contribution in [3.8, 4) is 0 Å². The van der Waals surface area contributed by atoms with Crippen molar-refractivity contribution in [3.05, 3.63) is 35.4 Å². The molecule has 1 rings (SSSR count). The minimum Gasteiger partial charge on any atom is -0.478 e. The molecule has 0 amide bonds. The number of rotatable bonds is 6. The molecule has 0 radical (unpaired) electrons. The van der Waals surface area contributed by atoms with Crippen molar-refractivity contribution < 1.29 is 18.3 Å². The Bertz CT molecular complexity index is 518. The summed E-state index contributed by atoms with van der Waals surface area (Å²) in [4.78, 5) is 11.0. The Labute approximate surface area is 108 Å². The number of carboxylic acids is 1. The Hall–Kier alpha value is -1.36. The summed E-state index contributed by atoms with van der Waals surface area (Å²) in [6, 6.07) is 6.22. The maximum absolute atomic E-state index is 11.9. The summed E-state index contributed by atoms with van der Waals surface area (Å²) < 4.78 is 23.8. The fourth-order valence-corrected chi connectivity index (χ4v) is 3.28. The van der Waals surface area contributed by atoms with E-state index in [1.54, 1.807) is 18.2 Å². The van der Waals surface area contributed by atoms with E-state index in [-0.39, 0.29) is 17.1 Å². The van der Waals surface area contributed by atoms with Gasteiger partial charge >= 0.3 is 5.97 Å². The maximum atomic E-state index is 11.9. The zero-order valence-electron chi connectivity index (χ0n) is 10.6. The van der Waals surface area contributed by atoms with Crippen LogP contribution in [0, 0.1) is 5.92 Å². The fourth-order valence-electron chi connectivity index (χ4n) is 1.58. The van der Waals surface area contributed by atoms with Gasteiger partial charge in [0.1, 0.15) is 0 Å². The molecule has 0 saturated heterocycles. The number of carboxylic acid groups (broad SMARTS) is 1. The number of sulfone groups is 1. The molecule has 0 heterocycles. The van der Waals surface area contributed by atoms with Gasteiger partial charge in [-0.25, -0.2) is 13.2 Å². The van der Waals surface area contributed by atoms with Crippen LogP contribution in [-0.4, -0.2) is 25.2 Å². The van der Waals surface area contributed by atoms with Gasteiger partial charge < -0.3 is 5.11 Å². The predicted molar refractivity (Wildman–Crippen MR) is 70.3 cm³/mol. The molecule has 0 bridgehead atoms. The van der Waals surface area contributed by atoms with Crippen molar-refractivity contribution in [1.29, 1.82) is 0 Å². The molecule has 1 N–H and O–H groups in total. The lowest BCUT2D eigenvalue weighted by molar-refractivity contribution is 0.0696. The molecule has 0 unspecified atom stereocenters. The first-order chi connectivity index (χ1) is 8.32. The molecule has 0 saturated carbocycles. The Morgan fingerprint density at radius 2 is 1.89 bits per heavy atom. The lowest BCUT2D eigenvalue weighted by Crippen LogP contribution is -2.13. The van der Waals surface area contributed by atoms with E-state index in [2.05, 4.69) is 0 Å². The first-order valence-electron chi connectivity index (χ1n) is 5.83. The third-order valence-electron chi connectivity index (χ3n) is 2.63. The van der Waals surface area contributed by atoms with Gasteiger partial charge in [0.05, 0.1) is 17.1 Å². The first-order valence-corrected chi connectivity index (χ1v) is 7.65. The van der Waals surface area contributed by atoms with E-state index in [1.807, 2.05) is 13.8 Å². The summed E-state index contributed by atoms with van der Waals surface area (Å²) in [6.45, 7) is 3.92. The normalized spacial score (nSPS) is 11.7. The predicted octanol–water partition coefficient (Wildman–Crippen LogP) is 2.35. The topological polar surface area (TPSA) is 71.4 Å². The fraction of sp³-hybridized carbons (Fsp3) is 0.462. The van der Waals surface area contributed by atoms with Gasteiger partial charge in [0.25, 0.3) is 0 Å². The highest BCUT2D eigenvalue weighted by Gasteiger charge is 2.17. The van der Waals surface area contributed by atoms with Gasteiger partial charge in [-0.05, 0) is 24.0 Å². The summed E-state index contributed by atoms with van der Waals surface area (Å²) in [7, 11) is -3.25. The number of hydrogen-bond acceptors (Lipinski definition) is 3. The van der Waals surface area contributed by atoms with Gasteiger partial charge in [-0.3, -0.25) is 0 Å². The third kappa shape index (κ3) is 4.49. The van der Waals surface area contributed by atoms with Crippen LogP contribution in [0.4, 0.5) is 0 Å². The van der Waals surface area contributed by atoms with Crippen LogP contribution < -0.4 is 0 Å². The van der Waals surface area contributed by atoms with Crippen LogP contribution in [0.15, 0.2) is 24.3 Å². The second-order valence-electron chi connectivity index (χ2n) is 4.74. The number of hydrogen-bond donors (Lipinski definition) is 1. The van der Waals surface area contributed by atoms with E-state index < -0.39 is 15.8 Å². The molecule has 0 aliphatic heterocycles. The molecule has 18 heavy (non-hydrogen) atoms. The Kier molecular flexibility index (Phi) is 4.90. The van der Waals surface area contributed by atoms with Crippen molar-refractivity contribution in [3.63, 3.8) is 0 Å². The minimum absolute atomic E-state index is 0.0608. The van der Waals surface area contributed by atoms with Gasteiger partial charge in [0.15, 0.2) is 9.84 Å². The zero-order valence-corrected chi connectivity index (χ0v) is 11.4. The van der Waals surface area contributed by atoms with E-state index in [4.69, 9.17) is 5.11 Å². The SMILES string of the molecule is CC(C)CCS(=O)(=O)Cc1ccccc1C(=O)O. The minimum atomic E-state index is -3.25. The monoisotopic (exact) mass is 270 g/mol. The molecule has 0 aliphatic carbocycles. The molecule has 0 fully saturated rings. The van der Waals surface area contributed by atoms with Gasteiger partial charge in [-0.1, -0.05) is 32.0 Å². The third-order valence-corrected chi connectivity index (χ3v) is 4.24. The highest BCUT2D eigenvalue weighted by atomic mass is 32.2. The molecule has 100 valence electrons. The molecule has 1 aromatic rings. The first kappa shape index (κ1) is 14.7. The van der Waals surface area contributed by atoms with Gasteiger partial charge in [0, 0.05) is 0 Å². The highest BCUT2D eigenvalue weighted by Crippen LogP contribution is 2.14. The second kappa shape index (κ2) is 6.00. The van der Waals surface area contributed by atoms with Crippen LogP contribution >= 0.6 is 0 Å². The quantitative estimate of drug-likeness (QED) is 0.861. The van der Waals surface area contributed by atoms with Crippen molar-refractivity contribution in [2.45, 2.75) is 26.0 Å². The van der Waals surface area contributed by atoms with Gasteiger partial charge in [0.2, 0.25) is 0 Å². The second-order valence-corrected chi connectivity index (χ2v) is 6.92.